The van der Waals surface area contributed by atoms with E-state index in [2.05, 4.69) is 45.3 Å². The number of hydrogen-bond acceptors (Lipinski definition) is 3. The first-order chi connectivity index (χ1) is 14.1. The minimum Gasteiger partial charge on any atom is -0.357 e. The first-order valence-electron chi connectivity index (χ1n) is 10.3. The molecule has 2 aromatic heterocycles. The van der Waals surface area contributed by atoms with Gasteiger partial charge in [-0.3, -0.25) is 9.88 Å². The fourth-order valence-corrected chi connectivity index (χ4v) is 4.16. The number of aromatic amines is 1. The van der Waals surface area contributed by atoms with Gasteiger partial charge in [0.1, 0.15) is 0 Å². The number of fused-ring (bicyclic) bond motifs is 1. The van der Waals surface area contributed by atoms with Crippen molar-refractivity contribution in [3.8, 4) is 0 Å². The fraction of sp³-hybridized carbons (Fsp3) is 0.391. The number of pyridine rings is 1. The maximum Gasteiger partial charge on any atom is 0.317 e. The number of benzene rings is 1. The molecule has 0 radical (unpaired) electrons. The van der Waals surface area contributed by atoms with Crippen LogP contribution in [0.15, 0.2) is 48.8 Å². The normalized spacial score (nSPS) is 17.4. The zero-order valence-electron chi connectivity index (χ0n) is 17.2. The van der Waals surface area contributed by atoms with Crippen LogP contribution < -0.4 is 5.32 Å². The van der Waals surface area contributed by atoms with Crippen molar-refractivity contribution in [3.63, 3.8) is 0 Å². The maximum atomic E-state index is 12.8. The van der Waals surface area contributed by atoms with E-state index in [1.807, 2.05) is 31.4 Å². The van der Waals surface area contributed by atoms with Crippen LogP contribution in [0.1, 0.15) is 29.7 Å². The Morgan fingerprint density at radius 3 is 2.97 bits per heavy atom. The number of piperidine rings is 1. The average molecular weight is 392 g/mol. The molecular weight excluding hydrogens is 362 g/mol. The van der Waals surface area contributed by atoms with Crippen molar-refractivity contribution in [1.82, 2.24) is 25.1 Å². The van der Waals surface area contributed by atoms with Crippen LogP contribution in [0.4, 0.5) is 4.79 Å². The Kier molecular flexibility index (Phi) is 5.81. The quantitative estimate of drug-likeness (QED) is 0.697. The Hall–Kier alpha value is -2.86. The molecule has 1 fully saturated rings. The van der Waals surface area contributed by atoms with Gasteiger partial charge in [-0.1, -0.05) is 24.3 Å². The molecule has 6 nitrogen and oxygen atoms in total. The van der Waals surface area contributed by atoms with Crippen LogP contribution >= 0.6 is 0 Å². The Morgan fingerprint density at radius 2 is 2.17 bits per heavy atom. The van der Waals surface area contributed by atoms with E-state index in [-0.39, 0.29) is 12.1 Å². The van der Waals surface area contributed by atoms with Gasteiger partial charge in [0.05, 0.1) is 6.54 Å². The number of aromatic nitrogens is 2. The fourth-order valence-electron chi connectivity index (χ4n) is 4.16. The second-order valence-electron chi connectivity index (χ2n) is 8.02. The number of aryl methyl sites for hydroxylation is 1. The van der Waals surface area contributed by atoms with E-state index in [0.29, 0.717) is 6.54 Å². The van der Waals surface area contributed by atoms with E-state index >= 15 is 0 Å². The Morgan fingerprint density at radius 1 is 1.31 bits per heavy atom. The molecule has 1 aliphatic rings. The number of urea groups is 1. The lowest BCUT2D eigenvalue weighted by atomic mass is 10.1. The third-order valence-electron chi connectivity index (χ3n) is 5.77. The van der Waals surface area contributed by atoms with Gasteiger partial charge in [0.25, 0.3) is 0 Å². The second kappa shape index (κ2) is 8.66. The van der Waals surface area contributed by atoms with Crippen LogP contribution in [0, 0.1) is 6.92 Å². The predicted molar refractivity (Wildman–Crippen MR) is 116 cm³/mol. The largest absolute Gasteiger partial charge is 0.357 e. The van der Waals surface area contributed by atoms with Gasteiger partial charge in [-0.05, 0) is 49.6 Å². The number of carbonyl (C=O) groups is 1. The second-order valence-corrected chi connectivity index (χ2v) is 8.02. The Labute approximate surface area is 171 Å². The minimum absolute atomic E-state index is 0.0173. The zero-order valence-corrected chi connectivity index (χ0v) is 17.2. The predicted octanol–water partition coefficient (Wildman–Crippen LogP) is 3.68. The molecule has 29 heavy (non-hydrogen) atoms. The summed E-state index contributed by atoms with van der Waals surface area (Å²) in [6, 6.07) is 12.5. The van der Waals surface area contributed by atoms with E-state index in [9.17, 15) is 4.79 Å². The average Bonchev–Trinajstić information content (AvgIpc) is 3.04. The third kappa shape index (κ3) is 4.59. The highest BCUT2D eigenvalue weighted by atomic mass is 16.2. The third-order valence-corrected chi connectivity index (χ3v) is 5.77. The molecule has 1 atom stereocenters. The summed E-state index contributed by atoms with van der Waals surface area (Å²) in [6.07, 6.45) is 5.83. The van der Waals surface area contributed by atoms with Gasteiger partial charge in [-0.25, -0.2) is 4.79 Å². The summed E-state index contributed by atoms with van der Waals surface area (Å²) in [6.45, 7) is 5.49. The van der Waals surface area contributed by atoms with E-state index in [0.717, 1.165) is 43.7 Å². The summed E-state index contributed by atoms with van der Waals surface area (Å²) in [5.74, 6) is 0. The summed E-state index contributed by atoms with van der Waals surface area (Å²) in [5.41, 5.74) is 4.63. The van der Waals surface area contributed by atoms with Crippen molar-refractivity contribution in [3.05, 3.63) is 65.6 Å². The highest BCUT2D eigenvalue weighted by molar-refractivity contribution is 5.84. The summed E-state index contributed by atoms with van der Waals surface area (Å²) < 4.78 is 0. The van der Waals surface area contributed by atoms with Gasteiger partial charge >= 0.3 is 6.03 Å². The van der Waals surface area contributed by atoms with E-state index in [1.165, 1.54) is 16.5 Å². The van der Waals surface area contributed by atoms with Crippen molar-refractivity contribution in [2.75, 3.05) is 20.1 Å². The first kappa shape index (κ1) is 19.5. The molecule has 3 aromatic rings. The van der Waals surface area contributed by atoms with Crippen molar-refractivity contribution < 1.29 is 4.79 Å². The highest BCUT2D eigenvalue weighted by Gasteiger charge is 2.23. The van der Waals surface area contributed by atoms with Gasteiger partial charge in [0, 0.05) is 55.2 Å². The molecule has 6 heteroatoms. The van der Waals surface area contributed by atoms with Gasteiger partial charge in [-0.15, -0.1) is 0 Å². The van der Waals surface area contributed by atoms with E-state index in [4.69, 9.17) is 0 Å². The minimum atomic E-state index is -0.0173. The number of nitrogens with one attached hydrogen (secondary N) is 2. The molecular formula is C23H29N5O. The van der Waals surface area contributed by atoms with Crippen molar-refractivity contribution in [1.29, 1.82) is 0 Å². The first-order valence-corrected chi connectivity index (χ1v) is 10.3. The topological polar surface area (TPSA) is 64.3 Å². The lowest BCUT2D eigenvalue weighted by Crippen LogP contribution is -2.50. The molecule has 0 saturated carbocycles. The molecule has 2 amide bonds. The number of rotatable bonds is 5. The lowest BCUT2D eigenvalue weighted by Gasteiger charge is -2.34. The summed E-state index contributed by atoms with van der Waals surface area (Å²) >= 11 is 0. The van der Waals surface area contributed by atoms with Gasteiger partial charge < -0.3 is 15.2 Å². The maximum absolute atomic E-state index is 12.8. The molecule has 152 valence electrons. The van der Waals surface area contributed by atoms with Crippen LogP contribution in [-0.2, 0) is 13.1 Å². The molecule has 1 aromatic carbocycles. The molecule has 0 bridgehead atoms. The van der Waals surface area contributed by atoms with Crippen LogP contribution in [0.5, 0.6) is 0 Å². The SMILES string of the molecule is Cc1c(CN(C)C(=O)N[C@@H]2CCCN(Cc3cccnc3)C2)[nH]c2ccccc12. The molecule has 0 unspecified atom stereocenters. The van der Waals surface area contributed by atoms with Crippen molar-refractivity contribution >= 4 is 16.9 Å². The van der Waals surface area contributed by atoms with Crippen LogP contribution in [0.3, 0.4) is 0 Å². The van der Waals surface area contributed by atoms with Crippen molar-refractivity contribution in [2.24, 2.45) is 0 Å². The monoisotopic (exact) mass is 391 g/mol. The number of nitrogens with zero attached hydrogens (tertiary/aromatic N) is 3. The van der Waals surface area contributed by atoms with Crippen molar-refractivity contribution in [2.45, 2.75) is 38.9 Å². The Bertz CT molecular complexity index is 968. The van der Waals surface area contributed by atoms with Gasteiger partial charge in [0.2, 0.25) is 0 Å². The molecule has 3 heterocycles. The van der Waals surface area contributed by atoms with Gasteiger partial charge in [-0.2, -0.15) is 0 Å². The molecule has 1 aliphatic heterocycles. The smallest absolute Gasteiger partial charge is 0.317 e. The standard InChI is InChI=1S/C23H29N5O/c1-17-20-9-3-4-10-21(20)26-22(17)16-27(2)23(29)25-19-8-6-12-28(15-19)14-18-7-5-11-24-13-18/h3-5,7,9-11,13,19,26H,6,8,12,14-16H2,1-2H3,(H,25,29)/t19-/m1/s1. The Balaban J connectivity index is 1.33. The number of para-hydroxylation sites is 1. The lowest BCUT2D eigenvalue weighted by molar-refractivity contribution is 0.167. The van der Waals surface area contributed by atoms with E-state index in [1.54, 1.807) is 11.1 Å². The summed E-state index contributed by atoms with van der Waals surface area (Å²) in [7, 11) is 1.86. The summed E-state index contributed by atoms with van der Waals surface area (Å²) in [5, 5.41) is 4.44. The van der Waals surface area contributed by atoms with Gasteiger partial charge in [0.15, 0.2) is 0 Å². The molecule has 0 aliphatic carbocycles. The number of amides is 2. The number of hydrogen-bond donors (Lipinski definition) is 2. The van der Waals surface area contributed by atoms with E-state index < -0.39 is 0 Å². The molecule has 0 spiro atoms. The van der Waals surface area contributed by atoms with Crippen LogP contribution in [0.25, 0.3) is 10.9 Å². The molecule has 2 N–H and O–H groups in total. The highest BCUT2D eigenvalue weighted by Crippen LogP contribution is 2.22. The van der Waals surface area contributed by atoms with Crippen LogP contribution in [-0.4, -0.2) is 52.0 Å². The molecule has 4 rings (SSSR count). The summed E-state index contributed by atoms with van der Waals surface area (Å²) in [4.78, 5) is 24.6. The number of likely N-dealkylation sites (tertiary alicyclic amines) is 1. The zero-order chi connectivity index (χ0) is 20.2. The molecule has 1 saturated heterocycles. The van der Waals surface area contributed by atoms with Crippen LogP contribution in [0.2, 0.25) is 0 Å². The number of H-pyrrole nitrogens is 1. The number of carbonyl (C=O) groups excluding carboxylic acids is 1.